The molecule has 2 N–H and O–H groups in total. The van der Waals surface area contributed by atoms with Crippen LogP contribution >= 0.6 is 23.1 Å². The summed E-state index contributed by atoms with van der Waals surface area (Å²) in [4.78, 5) is 13.2. The second-order valence-corrected chi connectivity index (χ2v) is 11.1. The Kier molecular flexibility index (Phi) is 8.00. The van der Waals surface area contributed by atoms with Gasteiger partial charge in [-0.3, -0.25) is 0 Å². The summed E-state index contributed by atoms with van der Waals surface area (Å²) >= 11 is 3.54. The number of hydrogen-bond donors (Lipinski definition) is 2. The van der Waals surface area contributed by atoms with E-state index in [0.29, 0.717) is 11.2 Å². The minimum Gasteiger partial charge on any atom is -0.495 e. The number of rotatable bonds is 10. The van der Waals surface area contributed by atoms with E-state index in [2.05, 4.69) is 73.0 Å². The molecule has 0 aliphatic heterocycles. The van der Waals surface area contributed by atoms with E-state index in [9.17, 15) is 0 Å². The van der Waals surface area contributed by atoms with Gasteiger partial charge in [0.1, 0.15) is 5.75 Å². The van der Waals surface area contributed by atoms with Crippen LogP contribution in [0.5, 0.6) is 5.75 Å². The van der Waals surface area contributed by atoms with Crippen molar-refractivity contribution in [2.45, 2.75) is 45.3 Å². The van der Waals surface area contributed by atoms with Crippen molar-refractivity contribution in [1.82, 2.24) is 9.97 Å². The highest BCUT2D eigenvalue weighted by molar-refractivity contribution is 8.03. The van der Waals surface area contributed by atoms with Crippen molar-refractivity contribution in [3.8, 4) is 5.75 Å². The van der Waals surface area contributed by atoms with Crippen LogP contribution in [-0.4, -0.2) is 35.9 Å². The number of aromatic nitrogens is 2. The molecule has 0 spiro atoms. The number of nitrogens with one attached hydrogen (secondary N) is 2. The number of methoxy groups -OCH3 is 1. The topological polar surface area (TPSA) is 62.3 Å². The predicted octanol–water partition coefficient (Wildman–Crippen LogP) is 7.40. The van der Waals surface area contributed by atoms with Gasteiger partial charge in [0, 0.05) is 35.1 Å². The van der Waals surface area contributed by atoms with Crippen LogP contribution in [0.4, 0.5) is 23.1 Å². The number of allylic oxidation sites excluding steroid dienone is 2. The molecule has 1 aliphatic rings. The van der Waals surface area contributed by atoms with Crippen molar-refractivity contribution >= 4 is 56.5 Å². The van der Waals surface area contributed by atoms with E-state index in [4.69, 9.17) is 14.7 Å². The van der Waals surface area contributed by atoms with Gasteiger partial charge < -0.3 is 20.3 Å². The summed E-state index contributed by atoms with van der Waals surface area (Å²) in [6.45, 7) is 7.61. The summed E-state index contributed by atoms with van der Waals surface area (Å²) in [5.41, 5.74) is 4.01. The monoisotopic (exact) mass is 495 g/mol. The Morgan fingerprint density at radius 3 is 2.74 bits per heavy atom. The van der Waals surface area contributed by atoms with E-state index >= 15 is 0 Å². The smallest absolute Gasteiger partial charge is 0.229 e. The van der Waals surface area contributed by atoms with Crippen LogP contribution in [0.25, 0.3) is 10.2 Å². The summed E-state index contributed by atoms with van der Waals surface area (Å²) in [6, 6.07) is 8.19. The summed E-state index contributed by atoms with van der Waals surface area (Å²) in [5, 5.41) is 9.61. The van der Waals surface area contributed by atoms with Crippen LogP contribution in [0, 0.1) is 0 Å². The Balaban J connectivity index is 1.66. The Bertz CT molecular complexity index is 1200. The molecule has 0 amide bonds. The molecule has 8 heteroatoms. The third kappa shape index (κ3) is 5.67. The van der Waals surface area contributed by atoms with Gasteiger partial charge in [0.25, 0.3) is 0 Å². The molecule has 0 saturated carbocycles. The van der Waals surface area contributed by atoms with Gasteiger partial charge >= 0.3 is 0 Å². The number of fused-ring (bicyclic) bond motifs is 1. The molecule has 0 radical (unpaired) electrons. The van der Waals surface area contributed by atoms with Crippen LogP contribution < -0.4 is 20.3 Å². The minimum absolute atomic E-state index is 0.518. The summed E-state index contributed by atoms with van der Waals surface area (Å²) < 4.78 is 6.67. The molecular formula is C26H33N5OS2. The van der Waals surface area contributed by atoms with Gasteiger partial charge in [0.2, 0.25) is 5.95 Å². The quantitative estimate of drug-likeness (QED) is 0.304. The fourth-order valence-corrected chi connectivity index (χ4v) is 5.64. The summed E-state index contributed by atoms with van der Waals surface area (Å²) in [5.74, 6) is 2.12. The largest absolute Gasteiger partial charge is 0.495 e. The Labute approximate surface area is 210 Å². The molecule has 1 aromatic carbocycles. The maximum atomic E-state index is 5.62. The van der Waals surface area contributed by atoms with Gasteiger partial charge in [-0.25, -0.2) is 4.98 Å². The molecule has 0 fully saturated rings. The number of benzene rings is 1. The number of thiophene rings is 1. The fourth-order valence-electron chi connectivity index (χ4n) is 3.88. The molecule has 0 bridgehead atoms. The number of nitrogens with zero attached hydrogens (tertiary/aromatic N) is 3. The Hall–Kier alpha value is -2.71. The first kappa shape index (κ1) is 24.4. The van der Waals surface area contributed by atoms with Crippen molar-refractivity contribution in [3.05, 3.63) is 52.4 Å². The van der Waals surface area contributed by atoms with Crippen LogP contribution in [0.3, 0.4) is 0 Å². The highest BCUT2D eigenvalue weighted by Crippen LogP contribution is 2.36. The number of ether oxygens (including phenoxy) is 1. The molecule has 180 valence electrons. The molecule has 2 aromatic heterocycles. The molecule has 0 atom stereocenters. The molecule has 0 saturated heterocycles. The molecule has 6 nitrogen and oxygen atoms in total. The summed E-state index contributed by atoms with van der Waals surface area (Å²) in [7, 11) is 3.78. The highest BCUT2D eigenvalue weighted by Gasteiger charge is 2.17. The van der Waals surface area contributed by atoms with Gasteiger partial charge in [0.05, 0.1) is 23.0 Å². The maximum Gasteiger partial charge on any atom is 0.229 e. The van der Waals surface area contributed by atoms with Gasteiger partial charge in [-0.2, -0.15) is 4.98 Å². The zero-order chi connectivity index (χ0) is 24.1. The van der Waals surface area contributed by atoms with E-state index in [-0.39, 0.29) is 0 Å². The van der Waals surface area contributed by atoms with Gasteiger partial charge in [0.15, 0.2) is 5.82 Å². The molecule has 1 aliphatic carbocycles. The zero-order valence-corrected chi connectivity index (χ0v) is 22.1. The third-order valence-electron chi connectivity index (χ3n) is 5.46. The second kappa shape index (κ2) is 11.1. The van der Waals surface area contributed by atoms with Crippen molar-refractivity contribution in [2.24, 2.45) is 0 Å². The first-order valence-corrected chi connectivity index (χ1v) is 13.5. The normalized spacial score (nSPS) is 13.6. The van der Waals surface area contributed by atoms with Crippen molar-refractivity contribution in [2.75, 3.05) is 36.2 Å². The van der Waals surface area contributed by atoms with Crippen molar-refractivity contribution in [3.63, 3.8) is 0 Å². The molecule has 2 heterocycles. The molecule has 4 rings (SSSR count). The summed E-state index contributed by atoms with van der Waals surface area (Å²) in [6.07, 6.45) is 7.79. The van der Waals surface area contributed by atoms with Gasteiger partial charge in [-0.1, -0.05) is 32.9 Å². The Morgan fingerprint density at radius 1 is 1.15 bits per heavy atom. The number of hydrogen-bond acceptors (Lipinski definition) is 8. The molecule has 3 aromatic rings. The molecular weight excluding hydrogens is 462 g/mol. The average Bonchev–Trinajstić information content (AvgIpc) is 3.29. The average molecular weight is 496 g/mol. The second-order valence-electron chi connectivity index (χ2n) is 8.52. The van der Waals surface area contributed by atoms with E-state index in [1.165, 1.54) is 4.91 Å². The van der Waals surface area contributed by atoms with Crippen molar-refractivity contribution < 1.29 is 4.74 Å². The van der Waals surface area contributed by atoms with E-state index < -0.39 is 0 Å². The van der Waals surface area contributed by atoms with Crippen LogP contribution in [-0.2, 0) is 0 Å². The number of thioether (sulfide) groups is 1. The standard InChI is InChI=1S/C26H33N5OS2/c1-6-14-31(4)18-11-12-22(32-5)21(16-18)29-26-28-20-13-15-33-24(20)25(30-26)27-19-9-7-8-10-23(19)34-17(2)3/h9-13,15-17H,6-8,14H2,1-5H3,(H2,27,28,29,30). The third-order valence-corrected chi connectivity index (χ3v) is 7.48. The molecule has 34 heavy (non-hydrogen) atoms. The lowest BCUT2D eigenvalue weighted by Gasteiger charge is -2.21. The Morgan fingerprint density at radius 2 is 1.97 bits per heavy atom. The maximum absolute atomic E-state index is 5.62. The van der Waals surface area contributed by atoms with Crippen LogP contribution in [0.15, 0.2) is 52.4 Å². The van der Waals surface area contributed by atoms with E-state index in [1.54, 1.807) is 18.4 Å². The van der Waals surface area contributed by atoms with Crippen LogP contribution in [0.1, 0.15) is 40.0 Å². The van der Waals surface area contributed by atoms with Gasteiger partial charge in [-0.15, -0.1) is 23.1 Å². The molecule has 0 unspecified atom stereocenters. The lowest BCUT2D eigenvalue weighted by molar-refractivity contribution is 0.417. The lowest BCUT2D eigenvalue weighted by atomic mass is 10.1. The van der Waals surface area contributed by atoms with E-state index in [1.807, 2.05) is 23.9 Å². The van der Waals surface area contributed by atoms with Crippen LogP contribution in [0.2, 0.25) is 0 Å². The predicted molar refractivity (Wildman–Crippen MR) is 149 cm³/mol. The first-order valence-electron chi connectivity index (χ1n) is 11.7. The van der Waals surface area contributed by atoms with Crippen molar-refractivity contribution in [1.29, 1.82) is 0 Å². The first-order chi connectivity index (χ1) is 16.5. The fraction of sp³-hybridized carbons (Fsp3) is 0.385. The zero-order valence-electron chi connectivity index (χ0n) is 20.5. The minimum atomic E-state index is 0.518. The van der Waals surface area contributed by atoms with E-state index in [0.717, 1.165) is 64.7 Å². The van der Waals surface area contributed by atoms with Gasteiger partial charge in [-0.05, 0) is 48.9 Å². The lowest BCUT2D eigenvalue weighted by Crippen LogP contribution is -2.17. The highest BCUT2D eigenvalue weighted by atomic mass is 32.2. The SMILES string of the molecule is CCCN(C)c1ccc(OC)c(Nc2nc(NC3=CCCC=C3SC(C)C)c3sccc3n2)c1. The number of anilines is 4.